The van der Waals surface area contributed by atoms with Gasteiger partial charge in [0.15, 0.2) is 0 Å². The zero-order chi connectivity index (χ0) is 15.8. The van der Waals surface area contributed by atoms with Crippen LogP contribution in [0, 0.1) is 5.92 Å². The standard InChI is InChI=1S/C18H32N2O/c1-6-15(7-2)13-20(8-3)14(4)18(19)16-9-11-17(21-5)12-10-16/h9-12,14-15,18H,6-8,13,19H2,1-5H3. The second-order valence-corrected chi connectivity index (χ2v) is 5.81. The van der Waals surface area contributed by atoms with E-state index < -0.39 is 0 Å². The molecule has 0 aliphatic carbocycles. The van der Waals surface area contributed by atoms with E-state index in [4.69, 9.17) is 10.5 Å². The van der Waals surface area contributed by atoms with E-state index in [1.54, 1.807) is 7.11 Å². The molecule has 0 heterocycles. The molecule has 2 unspecified atom stereocenters. The van der Waals surface area contributed by atoms with Crippen molar-refractivity contribution in [2.24, 2.45) is 11.7 Å². The second kappa shape index (κ2) is 9.06. The van der Waals surface area contributed by atoms with E-state index >= 15 is 0 Å². The average molecular weight is 292 g/mol. The fourth-order valence-corrected chi connectivity index (χ4v) is 2.79. The molecular formula is C18H32N2O. The van der Waals surface area contributed by atoms with E-state index in [9.17, 15) is 0 Å². The zero-order valence-electron chi connectivity index (χ0n) is 14.3. The van der Waals surface area contributed by atoms with Crippen molar-refractivity contribution in [3.8, 4) is 5.75 Å². The Kier molecular flexibility index (Phi) is 7.76. The summed E-state index contributed by atoms with van der Waals surface area (Å²) in [5.74, 6) is 1.64. The second-order valence-electron chi connectivity index (χ2n) is 5.81. The number of likely N-dealkylation sites (N-methyl/N-ethyl adjacent to an activating group) is 1. The van der Waals surface area contributed by atoms with Gasteiger partial charge in [-0.05, 0) is 37.1 Å². The molecule has 1 aromatic carbocycles. The molecular weight excluding hydrogens is 260 g/mol. The smallest absolute Gasteiger partial charge is 0.118 e. The van der Waals surface area contributed by atoms with Gasteiger partial charge in [0.25, 0.3) is 0 Å². The average Bonchev–Trinajstić information content (AvgIpc) is 2.55. The molecule has 120 valence electrons. The van der Waals surface area contributed by atoms with Crippen LogP contribution in [0.15, 0.2) is 24.3 Å². The highest BCUT2D eigenvalue weighted by Gasteiger charge is 2.22. The van der Waals surface area contributed by atoms with Crippen molar-refractivity contribution >= 4 is 0 Å². The number of nitrogens with two attached hydrogens (primary N) is 1. The normalized spacial score (nSPS) is 14.5. The molecule has 0 radical (unpaired) electrons. The molecule has 2 atom stereocenters. The van der Waals surface area contributed by atoms with Crippen LogP contribution in [0.3, 0.4) is 0 Å². The van der Waals surface area contributed by atoms with Crippen molar-refractivity contribution in [2.45, 2.75) is 52.6 Å². The summed E-state index contributed by atoms with van der Waals surface area (Å²) in [7, 11) is 1.69. The summed E-state index contributed by atoms with van der Waals surface area (Å²) in [5, 5.41) is 0. The summed E-state index contributed by atoms with van der Waals surface area (Å²) >= 11 is 0. The van der Waals surface area contributed by atoms with Gasteiger partial charge in [-0.2, -0.15) is 0 Å². The lowest BCUT2D eigenvalue weighted by molar-refractivity contribution is 0.160. The first-order valence-corrected chi connectivity index (χ1v) is 8.20. The Morgan fingerprint density at radius 2 is 1.67 bits per heavy atom. The fraction of sp³-hybridized carbons (Fsp3) is 0.667. The van der Waals surface area contributed by atoms with E-state index in [2.05, 4.69) is 44.7 Å². The highest BCUT2D eigenvalue weighted by molar-refractivity contribution is 5.29. The van der Waals surface area contributed by atoms with Crippen LogP contribution in [0.1, 0.15) is 52.1 Å². The van der Waals surface area contributed by atoms with Crippen molar-refractivity contribution < 1.29 is 4.74 Å². The monoisotopic (exact) mass is 292 g/mol. The lowest BCUT2D eigenvalue weighted by Gasteiger charge is -2.34. The molecule has 0 spiro atoms. The molecule has 1 rings (SSSR count). The predicted octanol–water partition coefficient (Wildman–Crippen LogP) is 3.84. The summed E-state index contributed by atoms with van der Waals surface area (Å²) in [6.45, 7) is 11.2. The Hall–Kier alpha value is -1.06. The van der Waals surface area contributed by atoms with Gasteiger partial charge in [-0.3, -0.25) is 4.90 Å². The Morgan fingerprint density at radius 3 is 2.10 bits per heavy atom. The topological polar surface area (TPSA) is 38.5 Å². The zero-order valence-corrected chi connectivity index (χ0v) is 14.3. The summed E-state index contributed by atoms with van der Waals surface area (Å²) < 4.78 is 5.21. The lowest BCUT2D eigenvalue weighted by atomic mass is 9.97. The number of hydrogen-bond donors (Lipinski definition) is 1. The van der Waals surface area contributed by atoms with Crippen LogP contribution >= 0.6 is 0 Å². The van der Waals surface area contributed by atoms with Crippen molar-refractivity contribution in [1.82, 2.24) is 4.90 Å². The molecule has 3 heteroatoms. The van der Waals surface area contributed by atoms with Crippen LogP contribution in [0.25, 0.3) is 0 Å². The number of rotatable bonds is 9. The maximum atomic E-state index is 6.48. The third-order valence-corrected chi connectivity index (χ3v) is 4.65. The molecule has 0 bridgehead atoms. The third-order valence-electron chi connectivity index (χ3n) is 4.65. The van der Waals surface area contributed by atoms with E-state index in [0.717, 1.165) is 24.8 Å². The van der Waals surface area contributed by atoms with Crippen LogP contribution in [0.2, 0.25) is 0 Å². The Balaban J connectivity index is 2.75. The van der Waals surface area contributed by atoms with Crippen LogP contribution in [-0.4, -0.2) is 31.1 Å². The van der Waals surface area contributed by atoms with Crippen LogP contribution < -0.4 is 10.5 Å². The number of ether oxygens (including phenoxy) is 1. The largest absolute Gasteiger partial charge is 0.497 e. The number of nitrogens with zero attached hydrogens (tertiary/aromatic N) is 1. The Bertz CT molecular complexity index is 387. The van der Waals surface area contributed by atoms with Crippen LogP contribution in [0.5, 0.6) is 5.75 Å². The Morgan fingerprint density at radius 1 is 1.10 bits per heavy atom. The summed E-state index contributed by atoms with van der Waals surface area (Å²) in [5.41, 5.74) is 7.66. The minimum Gasteiger partial charge on any atom is -0.497 e. The van der Waals surface area contributed by atoms with Crippen LogP contribution in [-0.2, 0) is 0 Å². The minimum atomic E-state index is 0.0326. The summed E-state index contributed by atoms with van der Waals surface area (Å²) in [4.78, 5) is 2.51. The van der Waals surface area contributed by atoms with Crippen molar-refractivity contribution in [3.63, 3.8) is 0 Å². The molecule has 0 fully saturated rings. The molecule has 0 amide bonds. The molecule has 2 N–H and O–H groups in total. The Labute approximate surface area is 130 Å². The van der Waals surface area contributed by atoms with Gasteiger partial charge in [0.1, 0.15) is 5.75 Å². The highest BCUT2D eigenvalue weighted by atomic mass is 16.5. The van der Waals surface area contributed by atoms with Gasteiger partial charge in [-0.25, -0.2) is 0 Å². The summed E-state index contributed by atoms with van der Waals surface area (Å²) in [6.07, 6.45) is 2.47. The maximum absolute atomic E-state index is 6.48. The predicted molar refractivity (Wildman–Crippen MR) is 90.7 cm³/mol. The number of benzene rings is 1. The quantitative estimate of drug-likeness (QED) is 0.751. The van der Waals surface area contributed by atoms with E-state index in [1.807, 2.05) is 12.1 Å². The maximum Gasteiger partial charge on any atom is 0.118 e. The first-order chi connectivity index (χ1) is 10.1. The molecule has 0 aromatic heterocycles. The summed E-state index contributed by atoms with van der Waals surface area (Å²) in [6, 6.07) is 8.49. The van der Waals surface area contributed by atoms with Crippen molar-refractivity contribution in [1.29, 1.82) is 0 Å². The molecule has 0 saturated heterocycles. The highest BCUT2D eigenvalue weighted by Crippen LogP contribution is 2.23. The third kappa shape index (κ3) is 5.01. The first-order valence-electron chi connectivity index (χ1n) is 8.20. The fourth-order valence-electron chi connectivity index (χ4n) is 2.79. The van der Waals surface area contributed by atoms with Gasteiger partial charge in [0, 0.05) is 18.6 Å². The molecule has 0 aliphatic rings. The van der Waals surface area contributed by atoms with E-state index in [-0.39, 0.29) is 6.04 Å². The lowest BCUT2D eigenvalue weighted by Crippen LogP contribution is -2.43. The molecule has 21 heavy (non-hydrogen) atoms. The first kappa shape index (κ1) is 18.0. The van der Waals surface area contributed by atoms with Gasteiger partial charge in [-0.1, -0.05) is 45.7 Å². The van der Waals surface area contributed by atoms with Gasteiger partial charge >= 0.3 is 0 Å². The molecule has 3 nitrogen and oxygen atoms in total. The van der Waals surface area contributed by atoms with E-state index in [0.29, 0.717) is 6.04 Å². The van der Waals surface area contributed by atoms with Gasteiger partial charge in [0.05, 0.1) is 7.11 Å². The van der Waals surface area contributed by atoms with Crippen LogP contribution in [0.4, 0.5) is 0 Å². The number of methoxy groups -OCH3 is 1. The van der Waals surface area contributed by atoms with Crippen molar-refractivity contribution in [2.75, 3.05) is 20.2 Å². The van der Waals surface area contributed by atoms with E-state index in [1.165, 1.54) is 18.4 Å². The molecule has 0 aliphatic heterocycles. The van der Waals surface area contributed by atoms with Gasteiger partial charge in [0.2, 0.25) is 0 Å². The van der Waals surface area contributed by atoms with Crippen molar-refractivity contribution in [3.05, 3.63) is 29.8 Å². The number of hydrogen-bond acceptors (Lipinski definition) is 3. The van der Waals surface area contributed by atoms with Gasteiger partial charge < -0.3 is 10.5 Å². The van der Waals surface area contributed by atoms with Gasteiger partial charge in [-0.15, -0.1) is 0 Å². The molecule has 0 saturated carbocycles. The molecule has 1 aromatic rings. The minimum absolute atomic E-state index is 0.0326. The SMILES string of the molecule is CCC(CC)CN(CC)C(C)C(N)c1ccc(OC)cc1.